The fourth-order valence-corrected chi connectivity index (χ4v) is 1.41. The Balaban J connectivity index is 2.41. The van der Waals surface area contributed by atoms with Crippen LogP contribution in [0.4, 0.5) is 0 Å². The molecule has 1 heterocycles. The molecule has 0 saturated carbocycles. The highest BCUT2D eigenvalue weighted by atomic mass is 14.7. The first-order chi connectivity index (χ1) is 6.25. The van der Waals surface area contributed by atoms with Crippen LogP contribution in [0.5, 0.6) is 0 Å². The van der Waals surface area contributed by atoms with Crippen molar-refractivity contribution in [2.24, 2.45) is 0 Å². The normalized spacial score (nSPS) is 10.3. The van der Waals surface area contributed by atoms with E-state index >= 15 is 0 Å². The van der Waals surface area contributed by atoms with E-state index < -0.39 is 0 Å². The Labute approximate surface area is 78.4 Å². The molecule has 0 bridgehead atoms. The highest BCUT2D eigenvalue weighted by Crippen LogP contribution is 2.18. The van der Waals surface area contributed by atoms with Crippen molar-refractivity contribution >= 4 is 0 Å². The number of nitrogens with one attached hydrogen (secondary N) is 1. The van der Waals surface area contributed by atoms with Gasteiger partial charge < -0.3 is 4.98 Å². The monoisotopic (exact) mass is 171 g/mol. The molecule has 0 aliphatic rings. The molecule has 1 aromatic carbocycles. The van der Waals surface area contributed by atoms with E-state index in [-0.39, 0.29) is 0 Å². The van der Waals surface area contributed by atoms with Crippen LogP contribution >= 0.6 is 0 Å². The van der Waals surface area contributed by atoms with E-state index in [1.165, 1.54) is 22.5 Å². The van der Waals surface area contributed by atoms with Gasteiger partial charge in [-0.1, -0.05) is 29.8 Å². The van der Waals surface area contributed by atoms with Gasteiger partial charge in [0.25, 0.3) is 0 Å². The number of H-pyrrole nitrogens is 1. The lowest BCUT2D eigenvalue weighted by Crippen LogP contribution is -1.78. The van der Waals surface area contributed by atoms with Gasteiger partial charge in [-0.25, -0.2) is 0 Å². The lowest BCUT2D eigenvalue weighted by atomic mass is 10.1. The quantitative estimate of drug-likeness (QED) is 0.677. The number of aryl methyl sites for hydroxylation is 2. The molecule has 0 atom stereocenters. The highest BCUT2D eigenvalue weighted by Gasteiger charge is 1.97. The summed E-state index contributed by atoms with van der Waals surface area (Å²) in [5, 5.41) is 0. The summed E-state index contributed by atoms with van der Waals surface area (Å²) in [7, 11) is 0. The van der Waals surface area contributed by atoms with E-state index in [1.807, 2.05) is 0 Å². The van der Waals surface area contributed by atoms with Crippen LogP contribution in [-0.2, 0) is 0 Å². The van der Waals surface area contributed by atoms with Crippen molar-refractivity contribution < 1.29 is 0 Å². The third-order valence-electron chi connectivity index (χ3n) is 2.19. The van der Waals surface area contributed by atoms with Crippen LogP contribution in [0.1, 0.15) is 11.3 Å². The van der Waals surface area contributed by atoms with Crippen molar-refractivity contribution in [1.82, 2.24) is 4.98 Å². The Morgan fingerprint density at radius 3 is 2.08 bits per heavy atom. The summed E-state index contributed by atoms with van der Waals surface area (Å²) in [6.07, 6.45) is 0. The van der Waals surface area contributed by atoms with E-state index in [2.05, 4.69) is 55.2 Å². The van der Waals surface area contributed by atoms with Crippen molar-refractivity contribution in [3.63, 3.8) is 0 Å². The largest absolute Gasteiger partial charge is 0.359 e. The van der Waals surface area contributed by atoms with Crippen molar-refractivity contribution in [1.29, 1.82) is 0 Å². The average Bonchev–Trinajstić information content (AvgIpc) is 2.53. The minimum atomic E-state index is 1.19. The highest BCUT2D eigenvalue weighted by molar-refractivity contribution is 5.60. The Kier molecular flexibility index (Phi) is 1.93. The number of hydrogen-bond donors (Lipinski definition) is 1. The molecule has 1 aromatic heterocycles. The number of rotatable bonds is 1. The molecule has 2 rings (SSSR count). The lowest BCUT2D eigenvalue weighted by molar-refractivity contribution is 1.27. The summed E-state index contributed by atoms with van der Waals surface area (Å²) in [6, 6.07) is 12.7. The first-order valence-corrected chi connectivity index (χ1v) is 4.48. The van der Waals surface area contributed by atoms with Gasteiger partial charge in [-0.3, -0.25) is 0 Å². The average molecular weight is 171 g/mol. The molecule has 1 heteroatoms. The number of benzene rings is 1. The summed E-state index contributed by atoms with van der Waals surface area (Å²) < 4.78 is 0. The second-order valence-corrected chi connectivity index (χ2v) is 3.42. The van der Waals surface area contributed by atoms with Gasteiger partial charge in [0, 0.05) is 11.4 Å². The molecule has 1 N–H and O–H groups in total. The molecular formula is C12H13N. The molecule has 0 amide bonds. The molecule has 0 aliphatic carbocycles. The third-order valence-corrected chi connectivity index (χ3v) is 2.19. The zero-order valence-corrected chi connectivity index (χ0v) is 7.96. The van der Waals surface area contributed by atoms with Gasteiger partial charge in [0.15, 0.2) is 0 Å². The maximum absolute atomic E-state index is 3.31. The molecule has 0 aliphatic heterocycles. The molecule has 2 aromatic rings. The molecule has 0 unspecified atom stereocenters. The number of aromatic nitrogens is 1. The Hall–Kier alpha value is -1.50. The first kappa shape index (κ1) is 8.11. The second kappa shape index (κ2) is 3.09. The summed E-state index contributed by atoms with van der Waals surface area (Å²) in [5.41, 5.74) is 4.94. The van der Waals surface area contributed by atoms with Crippen LogP contribution in [0.2, 0.25) is 0 Å². The summed E-state index contributed by atoms with van der Waals surface area (Å²) in [6.45, 7) is 4.17. The van der Waals surface area contributed by atoms with Crippen molar-refractivity contribution in [2.45, 2.75) is 13.8 Å². The summed E-state index contributed by atoms with van der Waals surface area (Å²) in [5.74, 6) is 0. The smallest absolute Gasteiger partial charge is 0.0455 e. The van der Waals surface area contributed by atoms with Crippen molar-refractivity contribution in [3.05, 3.63) is 47.7 Å². The van der Waals surface area contributed by atoms with Gasteiger partial charge >= 0.3 is 0 Å². The van der Waals surface area contributed by atoms with Gasteiger partial charge in [-0.05, 0) is 31.5 Å². The van der Waals surface area contributed by atoms with E-state index in [9.17, 15) is 0 Å². The number of hydrogen-bond acceptors (Lipinski definition) is 0. The standard InChI is InChI=1S/C12H13N/c1-9-3-6-11(7-4-9)12-8-5-10(2)13-12/h3-8,13H,1-2H3. The lowest BCUT2D eigenvalue weighted by Gasteiger charge is -1.98. The molecule has 0 radical (unpaired) electrons. The predicted octanol–water partition coefficient (Wildman–Crippen LogP) is 3.30. The predicted molar refractivity (Wildman–Crippen MR) is 55.7 cm³/mol. The molecule has 66 valence electrons. The second-order valence-electron chi connectivity index (χ2n) is 3.42. The van der Waals surface area contributed by atoms with Gasteiger partial charge in [0.1, 0.15) is 0 Å². The maximum Gasteiger partial charge on any atom is 0.0455 e. The fraction of sp³-hybridized carbons (Fsp3) is 0.167. The fourth-order valence-electron chi connectivity index (χ4n) is 1.41. The van der Waals surface area contributed by atoms with Crippen LogP contribution in [0, 0.1) is 13.8 Å². The minimum absolute atomic E-state index is 1.19. The van der Waals surface area contributed by atoms with Crippen LogP contribution in [-0.4, -0.2) is 4.98 Å². The molecular weight excluding hydrogens is 158 g/mol. The van der Waals surface area contributed by atoms with E-state index in [0.717, 1.165) is 0 Å². The molecule has 0 fully saturated rings. The maximum atomic E-state index is 3.31. The molecule has 0 spiro atoms. The van der Waals surface area contributed by atoms with Crippen LogP contribution in [0.25, 0.3) is 11.3 Å². The van der Waals surface area contributed by atoms with Crippen molar-refractivity contribution in [2.75, 3.05) is 0 Å². The Bertz CT molecular complexity index is 395. The third kappa shape index (κ3) is 1.64. The SMILES string of the molecule is Cc1ccc(-c2ccc(C)[nH]2)cc1. The Morgan fingerprint density at radius 2 is 1.54 bits per heavy atom. The van der Waals surface area contributed by atoms with Gasteiger partial charge in [-0.2, -0.15) is 0 Å². The van der Waals surface area contributed by atoms with E-state index in [4.69, 9.17) is 0 Å². The topological polar surface area (TPSA) is 15.8 Å². The zero-order chi connectivity index (χ0) is 9.26. The van der Waals surface area contributed by atoms with Gasteiger partial charge in [0.05, 0.1) is 0 Å². The van der Waals surface area contributed by atoms with Crippen LogP contribution < -0.4 is 0 Å². The van der Waals surface area contributed by atoms with Crippen LogP contribution in [0.15, 0.2) is 36.4 Å². The Morgan fingerprint density at radius 1 is 0.846 bits per heavy atom. The van der Waals surface area contributed by atoms with E-state index in [1.54, 1.807) is 0 Å². The first-order valence-electron chi connectivity index (χ1n) is 4.48. The van der Waals surface area contributed by atoms with Gasteiger partial charge in [-0.15, -0.1) is 0 Å². The molecule has 0 saturated heterocycles. The van der Waals surface area contributed by atoms with Crippen LogP contribution in [0.3, 0.4) is 0 Å². The minimum Gasteiger partial charge on any atom is -0.359 e. The summed E-state index contributed by atoms with van der Waals surface area (Å²) in [4.78, 5) is 3.31. The van der Waals surface area contributed by atoms with Gasteiger partial charge in [0.2, 0.25) is 0 Å². The zero-order valence-electron chi connectivity index (χ0n) is 7.96. The van der Waals surface area contributed by atoms with Crippen molar-refractivity contribution in [3.8, 4) is 11.3 Å². The molecule has 13 heavy (non-hydrogen) atoms. The number of aromatic amines is 1. The molecule has 1 nitrogen and oxygen atoms in total. The van der Waals surface area contributed by atoms with E-state index in [0.29, 0.717) is 0 Å². The summed E-state index contributed by atoms with van der Waals surface area (Å²) >= 11 is 0.